The van der Waals surface area contributed by atoms with E-state index in [-0.39, 0.29) is 5.91 Å². The Bertz CT molecular complexity index is 635. The molecule has 1 heterocycles. The molecule has 2 rings (SSSR count). The minimum absolute atomic E-state index is 0.131. The number of amides is 1. The van der Waals surface area contributed by atoms with E-state index in [0.717, 1.165) is 26.1 Å². The van der Waals surface area contributed by atoms with E-state index in [1.807, 2.05) is 0 Å². The summed E-state index contributed by atoms with van der Waals surface area (Å²) in [5, 5.41) is 9.61. The van der Waals surface area contributed by atoms with E-state index in [9.17, 15) is 10.1 Å². The average Bonchev–Trinajstić information content (AvgIpc) is 2.89. The zero-order valence-electron chi connectivity index (χ0n) is 14.8. The molecule has 0 fully saturated rings. The maximum Gasteiger partial charge on any atom is 0.255 e. The van der Waals surface area contributed by atoms with Gasteiger partial charge >= 0.3 is 0 Å². The Kier molecular flexibility index (Phi) is 6.04. The number of rotatable bonds is 8. The third kappa shape index (κ3) is 3.31. The van der Waals surface area contributed by atoms with Crippen LogP contribution in [-0.4, -0.2) is 56.1 Å². The summed E-state index contributed by atoms with van der Waals surface area (Å²) in [6.45, 7) is 7.67. The van der Waals surface area contributed by atoms with E-state index in [2.05, 4.69) is 24.8 Å². The van der Waals surface area contributed by atoms with Crippen LogP contribution in [0.25, 0.3) is 0 Å². The van der Waals surface area contributed by atoms with Gasteiger partial charge < -0.3 is 19.3 Å². The minimum Gasteiger partial charge on any atom is -0.497 e. The molecule has 1 unspecified atom stereocenters. The van der Waals surface area contributed by atoms with Gasteiger partial charge in [-0.15, -0.1) is 0 Å². The van der Waals surface area contributed by atoms with Gasteiger partial charge in [-0.3, -0.25) is 4.79 Å². The molecule has 1 atom stereocenters. The molecule has 1 aliphatic rings. The Morgan fingerprint density at radius 1 is 1.25 bits per heavy atom. The van der Waals surface area contributed by atoms with Gasteiger partial charge in [0.1, 0.15) is 17.5 Å². The van der Waals surface area contributed by atoms with Crippen molar-refractivity contribution in [3.63, 3.8) is 0 Å². The van der Waals surface area contributed by atoms with E-state index in [4.69, 9.17) is 9.47 Å². The number of benzene rings is 1. The lowest BCUT2D eigenvalue weighted by Crippen LogP contribution is -2.32. The van der Waals surface area contributed by atoms with Gasteiger partial charge in [-0.1, -0.05) is 13.8 Å². The second kappa shape index (κ2) is 8.02. The average molecular weight is 331 g/mol. The maximum absolute atomic E-state index is 12.8. The summed E-state index contributed by atoms with van der Waals surface area (Å²) in [4.78, 5) is 16.7. The lowest BCUT2D eigenvalue weighted by Gasteiger charge is -2.23. The number of hydrogen-bond donors (Lipinski definition) is 0. The molecule has 0 radical (unpaired) electrons. The topological polar surface area (TPSA) is 65.8 Å². The molecule has 1 amide bonds. The van der Waals surface area contributed by atoms with E-state index in [0.29, 0.717) is 29.2 Å². The molecule has 0 saturated carbocycles. The highest BCUT2D eigenvalue weighted by Crippen LogP contribution is 2.41. The first-order chi connectivity index (χ1) is 11.6. The van der Waals surface area contributed by atoms with Gasteiger partial charge in [-0.05, 0) is 32.1 Å². The number of carbonyl (C=O) groups excluding carboxylic acids is 1. The molecule has 6 nitrogen and oxygen atoms in total. The van der Waals surface area contributed by atoms with Gasteiger partial charge in [-0.25, -0.2) is 0 Å². The molecule has 0 aliphatic carbocycles. The molecule has 1 aromatic rings. The summed E-state index contributed by atoms with van der Waals surface area (Å²) in [5.41, 5.74) is 1.15. The van der Waals surface area contributed by atoms with Crippen LogP contribution >= 0.6 is 0 Å². The highest BCUT2D eigenvalue weighted by Gasteiger charge is 2.39. The number of carbonyl (C=O) groups is 1. The fourth-order valence-electron chi connectivity index (χ4n) is 3.14. The standard InChI is InChI=1S/C18H25N3O3/c1-5-20(6-2)8-7-9-21-15(12-19)17-14(18(21)22)10-13(23-3)11-16(17)24-4/h10-11,15H,5-9H2,1-4H3. The van der Waals surface area contributed by atoms with Gasteiger partial charge in [0.15, 0.2) is 0 Å². The molecule has 6 heteroatoms. The molecule has 0 aromatic heterocycles. The van der Waals surface area contributed by atoms with Crippen molar-refractivity contribution >= 4 is 5.91 Å². The number of fused-ring (bicyclic) bond motifs is 1. The van der Waals surface area contributed by atoms with Crippen molar-refractivity contribution in [2.24, 2.45) is 0 Å². The zero-order chi connectivity index (χ0) is 17.7. The summed E-state index contributed by atoms with van der Waals surface area (Å²) in [7, 11) is 3.08. The van der Waals surface area contributed by atoms with Gasteiger partial charge in [0.25, 0.3) is 5.91 Å². The van der Waals surface area contributed by atoms with Crippen molar-refractivity contribution in [1.29, 1.82) is 5.26 Å². The number of hydrogen-bond acceptors (Lipinski definition) is 5. The highest BCUT2D eigenvalue weighted by atomic mass is 16.5. The normalized spacial score (nSPS) is 16.2. The Morgan fingerprint density at radius 2 is 1.96 bits per heavy atom. The largest absolute Gasteiger partial charge is 0.497 e. The first kappa shape index (κ1) is 18.1. The fraction of sp³-hybridized carbons (Fsp3) is 0.556. The van der Waals surface area contributed by atoms with Crippen molar-refractivity contribution in [3.05, 3.63) is 23.3 Å². The number of ether oxygens (including phenoxy) is 2. The number of nitrogens with zero attached hydrogens (tertiary/aromatic N) is 3. The second-order valence-electron chi connectivity index (χ2n) is 5.70. The lowest BCUT2D eigenvalue weighted by atomic mass is 10.0. The van der Waals surface area contributed by atoms with Gasteiger partial charge in [0, 0.05) is 18.2 Å². The first-order valence-corrected chi connectivity index (χ1v) is 8.30. The minimum atomic E-state index is -0.606. The molecule has 0 N–H and O–H groups in total. The summed E-state index contributed by atoms with van der Waals surface area (Å²) >= 11 is 0. The summed E-state index contributed by atoms with van der Waals surface area (Å²) in [5.74, 6) is 0.949. The molecule has 0 spiro atoms. The van der Waals surface area contributed by atoms with Gasteiger partial charge in [-0.2, -0.15) is 5.26 Å². The molecule has 130 valence electrons. The Labute approximate surface area is 143 Å². The van der Waals surface area contributed by atoms with Crippen molar-refractivity contribution in [3.8, 4) is 17.6 Å². The molecule has 1 aromatic carbocycles. The Morgan fingerprint density at radius 3 is 2.50 bits per heavy atom. The molecular weight excluding hydrogens is 306 g/mol. The zero-order valence-corrected chi connectivity index (χ0v) is 14.8. The predicted octanol–water partition coefficient (Wildman–Crippen LogP) is 2.46. The second-order valence-corrected chi connectivity index (χ2v) is 5.70. The van der Waals surface area contributed by atoms with E-state index in [1.165, 1.54) is 7.11 Å². The van der Waals surface area contributed by atoms with Crippen LogP contribution in [0.4, 0.5) is 0 Å². The Hall–Kier alpha value is -2.26. The van der Waals surface area contributed by atoms with Crippen LogP contribution in [0.5, 0.6) is 11.5 Å². The molecule has 0 bridgehead atoms. The van der Waals surface area contributed by atoms with E-state index in [1.54, 1.807) is 24.1 Å². The van der Waals surface area contributed by atoms with E-state index < -0.39 is 6.04 Å². The van der Waals surface area contributed by atoms with Crippen LogP contribution in [0.1, 0.15) is 42.2 Å². The smallest absolute Gasteiger partial charge is 0.255 e. The van der Waals surface area contributed by atoms with E-state index >= 15 is 0 Å². The van der Waals surface area contributed by atoms with Crippen molar-refractivity contribution in [2.75, 3.05) is 40.4 Å². The van der Waals surface area contributed by atoms with Crippen molar-refractivity contribution in [2.45, 2.75) is 26.3 Å². The maximum atomic E-state index is 12.8. The summed E-state index contributed by atoms with van der Waals surface area (Å²) in [6.07, 6.45) is 0.832. The lowest BCUT2D eigenvalue weighted by molar-refractivity contribution is 0.0749. The van der Waals surface area contributed by atoms with Crippen molar-refractivity contribution < 1.29 is 14.3 Å². The van der Waals surface area contributed by atoms with Gasteiger partial charge in [0.2, 0.25) is 0 Å². The van der Waals surface area contributed by atoms with Crippen LogP contribution in [0.15, 0.2) is 12.1 Å². The van der Waals surface area contributed by atoms with Crippen LogP contribution in [0, 0.1) is 11.3 Å². The summed E-state index contributed by atoms with van der Waals surface area (Å²) in [6, 6.07) is 5.05. The number of methoxy groups -OCH3 is 2. The van der Waals surface area contributed by atoms with Crippen LogP contribution in [0.3, 0.4) is 0 Å². The van der Waals surface area contributed by atoms with Crippen LogP contribution in [-0.2, 0) is 0 Å². The quantitative estimate of drug-likeness (QED) is 0.732. The Balaban J connectivity index is 2.24. The van der Waals surface area contributed by atoms with Crippen LogP contribution < -0.4 is 9.47 Å². The molecule has 0 saturated heterocycles. The predicted molar refractivity (Wildman–Crippen MR) is 91.3 cm³/mol. The fourth-order valence-corrected chi connectivity index (χ4v) is 3.14. The van der Waals surface area contributed by atoms with Crippen LogP contribution in [0.2, 0.25) is 0 Å². The highest BCUT2D eigenvalue weighted by molar-refractivity contribution is 6.01. The van der Waals surface area contributed by atoms with Gasteiger partial charge in [0.05, 0.1) is 25.9 Å². The molecule has 1 aliphatic heterocycles. The first-order valence-electron chi connectivity index (χ1n) is 8.30. The molecular formula is C18H25N3O3. The third-order valence-electron chi connectivity index (χ3n) is 4.54. The number of nitriles is 1. The monoisotopic (exact) mass is 331 g/mol. The van der Waals surface area contributed by atoms with Crippen molar-refractivity contribution in [1.82, 2.24) is 9.80 Å². The SMILES string of the molecule is CCN(CC)CCCN1C(=O)c2cc(OC)cc(OC)c2C1C#N. The molecule has 24 heavy (non-hydrogen) atoms. The summed E-state index contributed by atoms with van der Waals surface area (Å²) < 4.78 is 10.6. The third-order valence-corrected chi connectivity index (χ3v) is 4.54.